The Hall–Kier alpha value is -2.83. The van der Waals surface area contributed by atoms with E-state index in [0.29, 0.717) is 23.0 Å². The molecule has 1 aromatic heterocycles. The highest BCUT2D eigenvalue weighted by atomic mass is 19.4. The maximum Gasteiger partial charge on any atom is 0.433 e. The van der Waals surface area contributed by atoms with Gasteiger partial charge >= 0.3 is 12.4 Å². The van der Waals surface area contributed by atoms with Gasteiger partial charge in [0.1, 0.15) is 12.4 Å². The molecule has 0 atom stereocenters. The molecule has 0 radical (unpaired) electrons. The number of nitrogens with zero attached hydrogens (tertiary/aromatic N) is 3. The number of aromatic nitrogens is 2. The van der Waals surface area contributed by atoms with Gasteiger partial charge in [0.2, 0.25) is 0 Å². The third-order valence-electron chi connectivity index (χ3n) is 2.80. The van der Waals surface area contributed by atoms with Gasteiger partial charge < -0.3 is 0 Å². The molecule has 0 fully saturated rings. The van der Waals surface area contributed by atoms with Crippen LogP contribution in [0.3, 0.4) is 0 Å². The van der Waals surface area contributed by atoms with E-state index in [4.69, 9.17) is 5.26 Å². The molecule has 0 saturated carbocycles. The molecular weight excluding hydrogens is 328 g/mol. The Morgan fingerprint density at radius 3 is 2.17 bits per heavy atom. The van der Waals surface area contributed by atoms with E-state index in [2.05, 4.69) is 4.98 Å². The summed E-state index contributed by atoms with van der Waals surface area (Å²) in [5, 5.41) is 8.91. The minimum Gasteiger partial charge on any atom is -0.269 e. The summed E-state index contributed by atoms with van der Waals surface area (Å²) in [5.74, 6) is 0. The molecule has 2 rings (SSSR count). The largest absolute Gasteiger partial charge is 0.433 e. The van der Waals surface area contributed by atoms with Crippen molar-refractivity contribution in [3.8, 4) is 11.8 Å². The molecule has 4 nitrogen and oxygen atoms in total. The van der Waals surface area contributed by atoms with Crippen LogP contribution in [0.2, 0.25) is 0 Å². The highest BCUT2D eigenvalue weighted by Gasteiger charge is 2.34. The van der Waals surface area contributed by atoms with Crippen molar-refractivity contribution < 1.29 is 26.3 Å². The number of benzene rings is 1. The standard InChI is InChI=1S/C13H5F6N3O/c14-12(15,16)8-1-2-9(7(3-8)5-20)22-6-21-10(4-11(22)23)13(17,18)19/h1-4,6H. The second kappa shape index (κ2) is 5.42. The second-order valence-corrected chi connectivity index (χ2v) is 4.32. The van der Waals surface area contributed by atoms with Gasteiger partial charge in [0.05, 0.1) is 16.8 Å². The summed E-state index contributed by atoms with van der Waals surface area (Å²) in [4.78, 5) is 14.8. The summed E-state index contributed by atoms with van der Waals surface area (Å²) in [6, 6.07) is 3.59. The lowest BCUT2D eigenvalue weighted by atomic mass is 10.1. The lowest BCUT2D eigenvalue weighted by molar-refractivity contribution is -0.141. The molecule has 23 heavy (non-hydrogen) atoms. The third-order valence-corrected chi connectivity index (χ3v) is 2.80. The van der Waals surface area contributed by atoms with Crippen molar-refractivity contribution in [1.82, 2.24) is 9.55 Å². The summed E-state index contributed by atoms with van der Waals surface area (Å²) < 4.78 is 75.7. The number of halogens is 6. The van der Waals surface area contributed by atoms with Gasteiger partial charge in [-0.2, -0.15) is 31.6 Å². The van der Waals surface area contributed by atoms with E-state index in [0.717, 1.165) is 6.07 Å². The Bertz CT molecular complexity index is 844. The third kappa shape index (κ3) is 3.33. The highest BCUT2D eigenvalue weighted by Crippen LogP contribution is 2.31. The topological polar surface area (TPSA) is 58.7 Å². The van der Waals surface area contributed by atoms with Crippen LogP contribution in [0.25, 0.3) is 5.69 Å². The van der Waals surface area contributed by atoms with Crippen LogP contribution >= 0.6 is 0 Å². The van der Waals surface area contributed by atoms with Crippen LogP contribution in [0, 0.1) is 11.3 Å². The minimum absolute atomic E-state index is 0.193. The number of hydrogen-bond donors (Lipinski definition) is 0. The molecule has 0 aliphatic carbocycles. The highest BCUT2D eigenvalue weighted by molar-refractivity contribution is 5.51. The maximum absolute atomic E-state index is 12.6. The van der Waals surface area contributed by atoms with E-state index in [1.54, 1.807) is 0 Å². The minimum atomic E-state index is -4.84. The lowest BCUT2D eigenvalue weighted by Crippen LogP contribution is -2.23. The first-order chi connectivity index (χ1) is 10.5. The van der Waals surface area contributed by atoms with Crippen LogP contribution in [0.15, 0.2) is 35.4 Å². The van der Waals surface area contributed by atoms with Gasteiger partial charge in [0.25, 0.3) is 5.56 Å². The van der Waals surface area contributed by atoms with Gasteiger partial charge in [-0.05, 0) is 18.2 Å². The first kappa shape index (κ1) is 16.5. The quantitative estimate of drug-likeness (QED) is 0.754. The zero-order valence-corrected chi connectivity index (χ0v) is 10.9. The van der Waals surface area contributed by atoms with E-state index >= 15 is 0 Å². The van der Waals surface area contributed by atoms with E-state index in [1.165, 1.54) is 6.07 Å². The van der Waals surface area contributed by atoms with E-state index in [-0.39, 0.29) is 11.8 Å². The van der Waals surface area contributed by atoms with Crippen molar-refractivity contribution in [3.05, 3.63) is 57.8 Å². The van der Waals surface area contributed by atoms with E-state index < -0.39 is 34.7 Å². The summed E-state index contributed by atoms with van der Waals surface area (Å²) >= 11 is 0. The molecular formula is C13H5F6N3O. The van der Waals surface area contributed by atoms with Gasteiger partial charge in [0, 0.05) is 6.07 Å². The fourth-order valence-electron chi connectivity index (χ4n) is 1.75. The average molecular weight is 333 g/mol. The molecule has 0 aliphatic heterocycles. The molecule has 0 N–H and O–H groups in total. The monoisotopic (exact) mass is 333 g/mol. The van der Waals surface area contributed by atoms with Crippen LogP contribution in [0.5, 0.6) is 0 Å². The van der Waals surface area contributed by atoms with Crippen molar-refractivity contribution in [2.75, 3.05) is 0 Å². The van der Waals surface area contributed by atoms with E-state index in [1.807, 2.05) is 0 Å². The molecule has 120 valence electrons. The number of nitriles is 1. The molecule has 0 spiro atoms. The molecule has 2 aromatic rings. The zero-order chi connectivity index (χ0) is 17.4. The lowest BCUT2D eigenvalue weighted by Gasteiger charge is -2.12. The molecule has 1 heterocycles. The summed E-state index contributed by atoms with van der Waals surface area (Å²) in [7, 11) is 0. The Labute approximate surface area is 124 Å². The van der Waals surface area contributed by atoms with Gasteiger partial charge in [-0.3, -0.25) is 9.36 Å². The normalized spacial score (nSPS) is 12.0. The van der Waals surface area contributed by atoms with Crippen LogP contribution < -0.4 is 5.56 Å². The molecule has 1 aromatic carbocycles. The van der Waals surface area contributed by atoms with Gasteiger partial charge in [-0.1, -0.05) is 0 Å². The predicted molar refractivity (Wildman–Crippen MR) is 64.6 cm³/mol. The average Bonchev–Trinajstić information content (AvgIpc) is 2.44. The van der Waals surface area contributed by atoms with Crippen LogP contribution in [0.4, 0.5) is 26.3 Å². The molecule has 0 amide bonds. The molecule has 0 unspecified atom stereocenters. The van der Waals surface area contributed by atoms with Crippen LogP contribution in [-0.4, -0.2) is 9.55 Å². The zero-order valence-electron chi connectivity index (χ0n) is 10.9. The molecule has 0 bridgehead atoms. The van der Waals surface area contributed by atoms with Crippen molar-refractivity contribution in [1.29, 1.82) is 5.26 Å². The Kier molecular flexibility index (Phi) is 3.90. The Morgan fingerprint density at radius 2 is 1.70 bits per heavy atom. The van der Waals surface area contributed by atoms with Crippen molar-refractivity contribution in [2.45, 2.75) is 12.4 Å². The summed E-state index contributed by atoms with van der Waals surface area (Å²) in [6.45, 7) is 0. The maximum atomic E-state index is 12.6. The second-order valence-electron chi connectivity index (χ2n) is 4.32. The van der Waals surface area contributed by atoms with Gasteiger partial charge in [-0.25, -0.2) is 4.98 Å². The van der Waals surface area contributed by atoms with Gasteiger partial charge in [0.15, 0.2) is 5.69 Å². The predicted octanol–water partition coefficient (Wildman–Crippen LogP) is 3.14. The van der Waals surface area contributed by atoms with Crippen molar-refractivity contribution in [3.63, 3.8) is 0 Å². The Morgan fingerprint density at radius 1 is 1.04 bits per heavy atom. The van der Waals surface area contributed by atoms with Crippen LogP contribution in [0.1, 0.15) is 16.8 Å². The summed E-state index contributed by atoms with van der Waals surface area (Å²) in [5.41, 5.74) is -4.56. The SMILES string of the molecule is N#Cc1cc(C(F)(F)F)ccc1-n1cnc(C(F)(F)F)cc1=O. The van der Waals surface area contributed by atoms with Crippen molar-refractivity contribution >= 4 is 0 Å². The first-order valence-corrected chi connectivity index (χ1v) is 5.81. The van der Waals surface area contributed by atoms with Crippen molar-refractivity contribution in [2.24, 2.45) is 0 Å². The number of hydrogen-bond acceptors (Lipinski definition) is 3. The fourth-order valence-corrected chi connectivity index (χ4v) is 1.75. The molecule has 0 aliphatic rings. The Balaban J connectivity index is 2.60. The fraction of sp³-hybridized carbons (Fsp3) is 0.154. The number of alkyl halides is 6. The first-order valence-electron chi connectivity index (χ1n) is 5.81. The van der Waals surface area contributed by atoms with Gasteiger partial charge in [-0.15, -0.1) is 0 Å². The smallest absolute Gasteiger partial charge is 0.269 e. The molecule has 0 saturated heterocycles. The van der Waals surface area contributed by atoms with Crippen LogP contribution in [-0.2, 0) is 12.4 Å². The van der Waals surface area contributed by atoms with E-state index in [9.17, 15) is 31.1 Å². The molecule has 10 heteroatoms. The summed E-state index contributed by atoms with van der Waals surface area (Å²) in [6.07, 6.45) is -9.03. The number of rotatable bonds is 1.